The van der Waals surface area contributed by atoms with E-state index in [0.717, 1.165) is 0 Å². The van der Waals surface area contributed by atoms with Crippen molar-refractivity contribution in [2.75, 3.05) is 6.61 Å². The summed E-state index contributed by atoms with van der Waals surface area (Å²) in [5.74, 6) is -0.827. The van der Waals surface area contributed by atoms with Crippen LogP contribution in [0.1, 0.15) is 23.8 Å². The molecule has 1 heterocycles. The number of aromatic nitrogens is 2. The summed E-state index contributed by atoms with van der Waals surface area (Å²) < 4.78 is 6.30. The lowest BCUT2D eigenvalue weighted by Gasteiger charge is -1.98. The van der Waals surface area contributed by atoms with E-state index in [2.05, 4.69) is 9.72 Å². The number of rotatable bonds is 4. The smallest absolute Gasteiger partial charge is 0.313 e. The van der Waals surface area contributed by atoms with E-state index in [1.807, 2.05) is 0 Å². The van der Waals surface area contributed by atoms with Crippen molar-refractivity contribution in [3.8, 4) is 0 Å². The van der Waals surface area contributed by atoms with E-state index in [9.17, 15) is 9.59 Å². The zero-order chi connectivity index (χ0) is 10.6. The second-order valence-electron chi connectivity index (χ2n) is 2.83. The number of ketones is 1. The van der Waals surface area contributed by atoms with Crippen LogP contribution in [-0.4, -0.2) is 27.9 Å². The van der Waals surface area contributed by atoms with Crippen LogP contribution in [0.3, 0.4) is 0 Å². The van der Waals surface area contributed by atoms with E-state index < -0.39 is 5.97 Å². The molecular weight excluding hydrogens is 184 g/mol. The molecule has 5 nitrogen and oxygen atoms in total. The van der Waals surface area contributed by atoms with Gasteiger partial charge in [0.05, 0.1) is 12.9 Å². The molecule has 0 aliphatic heterocycles. The number of carbonyl (C=O) groups excluding carboxylic acids is 2. The molecule has 1 aromatic heterocycles. The zero-order valence-corrected chi connectivity index (χ0v) is 8.19. The van der Waals surface area contributed by atoms with Gasteiger partial charge < -0.3 is 9.30 Å². The topological polar surface area (TPSA) is 61.2 Å². The molecule has 0 aliphatic carbocycles. The lowest BCUT2D eigenvalue weighted by atomic mass is 10.2. The number of nitrogens with zero attached hydrogens (tertiary/aromatic N) is 2. The highest BCUT2D eigenvalue weighted by atomic mass is 16.5. The summed E-state index contributed by atoms with van der Waals surface area (Å²) in [6.07, 6.45) is 2.84. The Morgan fingerprint density at radius 1 is 1.57 bits per heavy atom. The third-order valence-corrected chi connectivity index (χ3v) is 1.60. The number of ether oxygens (including phenoxy) is 1. The molecule has 0 saturated carbocycles. The molecule has 0 amide bonds. The summed E-state index contributed by atoms with van der Waals surface area (Å²) in [5.41, 5.74) is 0.292. The molecular formula is C9H12N2O3. The molecule has 0 fully saturated rings. The Labute approximate surface area is 81.7 Å². The molecule has 5 heteroatoms. The second kappa shape index (κ2) is 4.55. The van der Waals surface area contributed by atoms with Crippen molar-refractivity contribution < 1.29 is 14.3 Å². The first kappa shape index (κ1) is 10.4. The van der Waals surface area contributed by atoms with Crippen LogP contribution >= 0.6 is 0 Å². The van der Waals surface area contributed by atoms with Crippen molar-refractivity contribution in [3.63, 3.8) is 0 Å². The summed E-state index contributed by atoms with van der Waals surface area (Å²) in [7, 11) is 1.76. The van der Waals surface area contributed by atoms with Crippen molar-refractivity contribution in [2.45, 2.75) is 13.3 Å². The Bertz CT molecular complexity index is 344. The summed E-state index contributed by atoms with van der Waals surface area (Å²) in [5, 5.41) is 0. The predicted octanol–water partition coefficient (Wildman–Crippen LogP) is 0.556. The van der Waals surface area contributed by atoms with Crippen LogP contribution in [0.5, 0.6) is 0 Å². The number of carbonyl (C=O) groups is 2. The predicted molar refractivity (Wildman–Crippen MR) is 48.8 cm³/mol. The molecule has 0 radical (unpaired) electrons. The highest BCUT2D eigenvalue weighted by Gasteiger charge is 2.14. The summed E-state index contributed by atoms with van der Waals surface area (Å²) >= 11 is 0. The van der Waals surface area contributed by atoms with Gasteiger partial charge in [0.25, 0.3) is 0 Å². The lowest BCUT2D eigenvalue weighted by Crippen LogP contribution is -2.11. The van der Waals surface area contributed by atoms with Gasteiger partial charge in [-0.1, -0.05) is 0 Å². The van der Waals surface area contributed by atoms with Crippen molar-refractivity contribution in [1.29, 1.82) is 0 Å². The largest absolute Gasteiger partial charge is 0.466 e. The molecule has 0 saturated heterocycles. The third-order valence-electron chi connectivity index (χ3n) is 1.60. The molecule has 0 atom stereocenters. The van der Waals surface area contributed by atoms with Crippen LogP contribution in [0.4, 0.5) is 0 Å². The van der Waals surface area contributed by atoms with E-state index in [4.69, 9.17) is 0 Å². The van der Waals surface area contributed by atoms with E-state index in [0.29, 0.717) is 5.69 Å². The lowest BCUT2D eigenvalue weighted by molar-refractivity contribution is -0.141. The summed E-state index contributed by atoms with van der Waals surface area (Å²) in [6.45, 7) is 1.98. The van der Waals surface area contributed by atoms with Gasteiger partial charge in [-0.05, 0) is 6.92 Å². The fraction of sp³-hybridized carbons (Fsp3) is 0.444. The Kier molecular flexibility index (Phi) is 3.39. The van der Waals surface area contributed by atoms with Crippen molar-refractivity contribution in [3.05, 3.63) is 18.2 Å². The monoisotopic (exact) mass is 196 g/mol. The van der Waals surface area contributed by atoms with Gasteiger partial charge in [0.2, 0.25) is 0 Å². The van der Waals surface area contributed by atoms with Crippen molar-refractivity contribution >= 4 is 11.8 Å². The van der Waals surface area contributed by atoms with E-state index in [-0.39, 0.29) is 18.8 Å². The molecule has 0 aromatic carbocycles. The van der Waals surface area contributed by atoms with Gasteiger partial charge in [-0.15, -0.1) is 0 Å². The Morgan fingerprint density at radius 2 is 2.29 bits per heavy atom. The van der Waals surface area contributed by atoms with Gasteiger partial charge >= 0.3 is 5.97 Å². The minimum Gasteiger partial charge on any atom is -0.466 e. The molecule has 0 N–H and O–H groups in total. The SMILES string of the molecule is CCOC(=O)CC(=O)c1cn(C)cn1. The van der Waals surface area contributed by atoms with Crippen LogP contribution in [0.25, 0.3) is 0 Å². The molecule has 76 valence electrons. The average molecular weight is 196 g/mol. The minimum atomic E-state index is -0.511. The molecule has 1 aromatic rings. The normalized spacial score (nSPS) is 9.86. The van der Waals surface area contributed by atoms with Gasteiger partial charge in [-0.2, -0.15) is 0 Å². The molecule has 0 unspecified atom stereocenters. The zero-order valence-electron chi connectivity index (χ0n) is 8.19. The fourth-order valence-electron chi connectivity index (χ4n) is 0.990. The number of aryl methyl sites for hydroxylation is 1. The first-order valence-electron chi connectivity index (χ1n) is 4.30. The van der Waals surface area contributed by atoms with Crippen LogP contribution < -0.4 is 0 Å². The highest BCUT2D eigenvalue weighted by molar-refractivity contribution is 6.04. The van der Waals surface area contributed by atoms with Crippen LogP contribution in [0.15, 0.2) is 12.5 Å². The van der Waals surface area contributed by atoms with E-state index in [1.165, 1.54) is 6.33 Å². The average Bonchev–Trinajstić information content (AvgIpc) is 2.52. The van der Waals surface area contributed by atoms with Gasteiger partial charge in [-0.25, -0.2) is 4.98 Å². The number of hydrogen-bond acceptors (Lipinski definition) is 4. The maximum atomic E-state index is 11.4. The molecule has 0 spiro atoms. The maximum Gasteiger partial charge on any atom is 0.313 e. The third kappa shape index (κ3) is 2.69. The summed E-state index contributed by atoms with van der Waals surface area (Å²) in [4.78, 5) is 26.2. The molecule has 0 aliphatic rings. The maximum absolute atomic E-state index is 11.4. The molecule has 0 bridgehead atoms. The quantitative estimate of drug-likeness (QED) is 0.401. The van der Waals surface area contributed by atoms with Crippen LogP contribution in [0, 0.1) is 0 Å². The second-order valence-corrected chi connectivity index (χ2v) is 2.83. The standard InChI is InChI=1S/C9H12N2O3/c1-3-14-9(13)4-8(12)7-5-11(2)6-10-7/h5-6H,3-4H2,1-2H3. The Balaban J connectivity index is 2.55. The number of imidazole rings is 1. The van der Waals surface area contributed by atoms with Crippen LogP contribution in [-0.2, 0) is 16.6 Å². The molecule has 14 heavy (non-hydrogen) atoms. The van der Waals surface area contributed by atoms with E-state index in [1.54, 1.807) is 24.7 Å². The van der Waals surface area contributed by atoms with Gasteiger partial charge in [0.1, 0.15) is 12.1 Å². The minimum absolute atomic E-state index is 0.245. The first-order valence-corrected chi connectivity index (χ1v) is 4.30. The van der Waals surface area contributed by atoms with Crippen LogP contribution in [0.2, 0.25) is 0 Å². The fourth-order valence-corrected chi connectivity index (χ4v) is 0.990. The number of hydrogen-bond donors (Lipinski definition) is 0. The van der Waals surface area contributed by atoms with Gasteiger partial charge in [0, 0.05) is 13.2 Å². The summed E-state index contributed by atoms with van der Waals surface area (Å²) in [6, 6.07) is 0. The Hall–Kier alpha value is -1.65. The van der Waals surface area contributed by atoms with Gasteiger partial charge in [-0.3, -0.25) is 9.59 Å². The van der Waals surface area contributed by atoms with Crippen molar-refractivity contribution in [2.24, 2.45) is 7.05 Å². The highest BCUT2D eigenvalue weighted by Crippen LogP contribution is 2.00. The number of esters is 1. The number of Topliss-reactive ketones (excluding diaryl/α,β-unsaturated/α-hetero) is 1. The van der Waals surface area contributed by atoms with E-state index >= 15 is 0 Å². The van der Waals surface area contributed by atoms with Crippen molar-refractivity contribution in [1.82, 2.24) is 9.55 Å². The Morgan fingerprint density at radius 3 is 2.79 bits per heavy atom. The first-order chi connectivity index (χ1) is 6.63. The van der Waals surface area contributed by atoms with Gasteiger partial charge in [0.15, 0.2) is 5.78 Å². The molecule has 1 rings (SSSR count).